The number of nitrogens with one attached hydrogen (secondary N) is 3. The highest BCUT2D eigenvalue weighted by atomic mass is 79.9. The summed E-state index contributed by atoms with van der Waals surface area (Å²) in [6, 6.07) is 9.79. The first-order valence-electron chi connectivity index (χ1n) is 12.4. The molecular formula is C27H28Br2N4O7S. The lowest BCUT2D eigenvalue weighted by molar-refractivity contribution is -0.145. The summed E-state index contributed by atoms with van der Waals surface area (Å²) in [6.45, 7) is 4.95. The number of ether oxygens (including phenoxy) is 4. The van der Waals surface area contributed by atoms with Crippen LogP contribution in [0.4, 0.5) is 0 Å². The summed E-state index contributed by atoms with van der Waals surface area (Å²) in [7, 11) is 0. The molecule has 0 aliphatic carbocycles. The highest BCUT2D eigenvalue weighted by molar-refractivity contribution is 9.11. The molecule has 0 saturated heterocycles. The van der Waals surface area contributed by atoms with Crippen molar-refractivity contribution in [2.45, 2.75) is 26.8 Å². The molecule has 1 amide bonds. The highest BCUT2D eigenvalue weighted by Gasteiger charge is 2.32. The van der Waals surface area contributed by atoms with Gasteiger partial charge < -0.3 is 29.6 Å². The maximum atomic E-state index is 12.7. The Balaban J connectivity index is 1.70. The van der Waals surface area contributed by atoms with Crippen LogP contribution in [0.25, 0.3) is 0 Å². The van der Waals surface area contributed by atoms with Gasteiger partial charge in [0.05, 0.1) is 35.5 Å². The molecule has 2 aromatic carbocycles. The molecule has 3 rings (SSSR count). The summed E-state index contributed by atoms with van der Waals surface area (Å²) in [5.74, 6) is -0.835. The quantitative estimate of drug-likeness (QED) is 0.128. The average molecular weight is 712 g/mol. The van der Waals surface area contributed by atoms with Crippen LogP contribution in [0.15, 0.2) is 61.7 Å². The zero-order valence-corrected chi connectivity index (χ0v) is 26.4. The lowest BCUT2D eigenvalue weighted by atomic mass is 9.95. The predicted molar refractivity (Wildman–Crippen MR) is 163 cm³/mol. The number of halogens is 2. The number of nitrogens with zero attached hydrogens (tertiary/aromatic N) is 1. The number of allylic oxidation sites excluding steroid dienone is 1. The van der Waals surface area contributed by atoms with Gasteiger partial charge in [0, 0.05) is 21.3 Å². The van der Waals surface area contributed by atoms with Gasteiger partial charge in [-0.3, -0.25) is 4.79 Å². The number of carbonyl (C=O) groups excluding carboxylic acids is 3. The standard InChI is InChI=1S/C27H28Br2N4O7S/c1-4-37-22(35)14-40-25-16(10-17(28)11-19(25)29)12-30-33-21(34)13-39-20-9-7-6-8-18(20)24-23(26(36)38-5-2)15(3)31-27(41)32-24/h6-12,24H,4-5,13-14H2,1-3H3,(H,33,34)(H2,31,32,41)/t24-/m1/s1. The van der Waals surface area contributed by atoms with E-state index < -0.39 is 23.9 Å². The zero-order valence-electron chi connectivity index (χ0n) is 22.4. The van der Waals surface area contributed by atoms with E-state index in [1.54, 1.807) is 57.2 Å². The molecule has 2 aromatic rings. The van der Waals surface area contributed by atoms with Gasteiger partial charge in [0.25, 0.3) is 5.91 Å². The Morgan fingerprint density at radius 1 is 1.07 bits per heavy atom. The molecule has 41 heavy (non-hydrogen) atoms. The Morgan fingerprint density at radius 3 is 2.54 bits per heavy atom. The zero-order chi connectivity index (χ0) is 29.9. The van der Waals surface area contributed by atoms with Gasteiger partial charge >= 0.3 is 11.9 Å². The van der Waals surface area contributed by atoms with Crippen LogP contribution in [-0.4, -0.2) is 55.6 Å². The Bertz CT molecular complexity index is 1380. The van der Waals surface area contributed by atoms with E-state index in [0.717, 1.165) is 4.47 Å². The minimum Gasteiger partial charge on any atom is -0.483 e. The van der Waals surface area contributed by atoms with Gasteiger partial charge in [-0.05, 0) is 67.1 Å². The van der Waals surface area contributed by atoms with Crippen LogP contribution in [0.3, 0.4) is 0 Å². The molecule has 1 aliphatic heterocycles. The molecule has 11 nitrogen and oxygen atoms in total. The largest absolute Gasteiger partial charge is 0.483 e. The number of amides is 1. The van der Waals surface area contributed by atoms with Crippen LogP contribution in [0.1, 0.15) is 37.9 Å². The maximum Gasteiger partial charge on any atom is 0.344 e. The summed E-state index contributed by atoms with van der Waals surface area (Å²) in [5.41, 5.74) is 4.40. The first-order valence-corrected chi connectivity index (χ1v) is 14.4. The minimum absolute atomic E-state index is 0.210. The topological polar surface area (TPSA) is 137 Å². The molecule has 14 heteroatoms. The molecule has 0 unspecified atom stereocenters. The maximum absolute atomic E-state index is 12.7. The molecule has 0 radical (unpaired) electrons. The summed E-state index contributed by atoms with van der Waals surface area (Å²) in [5, 5.41) is 10.4. The monoisotopic (exact) mass is 710 g/mol. The number of hydrogen-bond acceptors (Lipinski definition) is 9. The van der Waals surface area contributed by atoms with Crippen molar-refractivity contribution in [1.82, 2.24) is 16.1 Å². The number of thiocarbonyl (C=S) groups is 1. The average Bonchev–Trinajstić information content (AvgIpc) is 2.91. The van der Waals surface area contributed by atoms with Crippen molar-refractivity contribution in [3.05, 3.63) is 67.7 Å². The van der Waals surface area contributed by atoms with Gasteiger partial charge in [-0.25, -0.2) is 15.0 Å². The van der Waals surface area contributed by atoms with Crippen LogP contribution in [-0.2, 0) is 23.9 Å². The lowest BCUT2D eigenvalue weighted by Crippen LogP contribution is -2.45. The molecule has 0 spiro atoms. The highest BCUT2D eigenvalue weighted by Crippen LogP contribution is 2.34. The van der Waals surface area contributed by atoms with Gasteiger partial charge in [0.2, 0.25) is 0 Å². The fraction of sp³-hybridized carbons (Fsp3) is 0.296. The molecule has 3 N–H and O–H groups in total. The van der Waals surface area contributed by atoms with Crippen molar-refractivity contribution in [2.24, 2.45) is 5.10 Å². The Hall–Kier alpha value is -3.49. The number of benzene rings is 2. The number of hydrazone groups is 1. The predicted octanol–water partition coefficient (Wildman–Crippen LogP) is 4.04. The number of para-hydroxylation sites is 1. The fourth-order valence-electron chi connectivity index (χ4n) is 3.77. The van der Waals surface area contributed by atoms with Gasteiger partial charge in [-0.2, -0.15) is 5.10 Å². The first kappa shape index (κ1) is 32.0. The SMILES string of the molecule is CCOC(=O)COc1c(Br)cc(Br)cc1C=NNC(=O)COc1ccccc1[C@H]1NC(=S)NC(C)=C1C(=O)OCC. The smallest absolute Gasteiger partial charge is 0.344 e. The van der Waals surface area contributed by atoms with Crippen LogP contribution in [0.2, 0.25) is 0 Å². The lowest BCUT2D eigenvalue weighted by Gasteiger charge is -2.30. The van der Waals surface area contributed by atoms with E-state index in [9.17, 15) is 14.4 Å². The molecule has 0 aromatic heterocycles. The van der Waals surface area contributed by atoms with E-state index in [-0.39, 0.29) is 26.4 Å². The van der Waals surface area contributed by atoms with Crippen molar-refractivity contribution in [3.63, 3.8) is 0 Å². The molecule has 1 atom stereocenters. The van der Waals surface area contributed by atoms with Crippen molar-refractivity contribution in [3.8, 4) is 11.5 Å². The van der Waals surface area contributed by atoms with Crippen LogP contribution in [0.5, 0.6) is 11.5 Å². The van der Waals surface area contributed by atoms with E-state index in [1.807, 2.05) is 0 Å². The van der Waals surface area contributed by atoms with Crippen LogP contribution in [0, 0.1) is 0 Å². The second-order valence-corrected chi connectivity index (χ2v) is 10.5. The second kappa shape index (κ2) is 15.5. The summed E-state index contributed by atoms with van der Waals surface area (Å²) < 4.78 is 22.8. The van der Waals surface area contributed by atoms with Crippen LogP contribution >= 0.6 is 44.1 Å². The van der Waals surface area contributed by atoms with E-state index in [1.165, 1.54) is 6.21 Å². The second-order valence-electron chi connectivity index (χ2n) is 8.31. The van der Waals surface area contributed by atoms with E-state index in [4.69, 9.17) is 31.2 Å². The van der Waals surface area contributed by atoms with Crippen LogP contribution < -0.4 is 25.5 Å². The van der Waals surface area contributed by atoms with Crippen molar-refractivity contribution >= 4 is 73.3 Å². The fourth-order valence-corrected chi connectivity index (χ4v) is 5.41. The molecule has 1 aliphatic rings. The molecule has 1 heterocycles. The molecule has 218 valence electrons. The summed E-state index contributed by atoms with van der Waals surface area (Å²) >= 11 is 12.1. The Labute approximate surface area is 259 Å². The van der Waals surface area contributed by atoms with Gasteiger partial charge in [0.15, 0.2) is 18.3 Å². The number of rotatable bonds is 12. The number of esters is 2. The Morgan fingerprint density at radius 2 is 1.80 bits per heavy atom. The van der Waals surface area contributed by atoms with Crippen molar-refractivity contribution < 1.29 is 33.3 Å². The van der Waals surface area contributed by atoms with Gasteiger partial charge in [-0.15, -0.1) is 0 Å². The third-order valence-electron chi connectivity index (χ3n) is 5.42. The van der Waals surface area contributed by atoms with Crippen molar-refractivity contribution in [1.29, 1.82) is 0 Å². The van der Waals surface area contributed by atoms with Crippen molar-refractivity contribution in [2.75, 3.05) is 26.4 Å². The molecule has 0 bridgehead atoms. The molecular weight excluding hydrogens is 684 g/mol. The van der Waals surface area contributed by atoms with Gasteiger partial charge in [-0.1, -0.05) is 34.1 Å². The summed E-state index contributed by atoms with van der Waals surface area (Å²) in [6.07, 6.45) is 1.38. The first-order chi connectivity index (χ1) is 19.6. The molecule has 0 saturated carbocycles. The number of hydrogen-bond donors (Lipinski definition) is 3. The van der Waals surface area contributed by atoms with E-state index in [0.29, 0.717) is 43.5 Å². The third-order valence-corrected chi connectivity index (χ3v) is 6.69. The third kappa shape index (κ3) is 9.00. The van der Waals surface area contributed by atoms with E-state index in [2.05, 4.69) is 53.0 Å². The van der Waals surface area contributed by atoms with E-state index >= 15 is 0 Å². The Kier molecular flexibility index (Phi) is 12.1. The van der Waals surface area contributed by atoms with Gasteiger partial charge in [0.1, 0.15) is 11.5 Å². The number of carbonyl (C=O) groups is 3. The normalized spacial score (nSPS) is 14.7. The minimum atomic E-state index is -0.650. The molecule has 0 fully saturated rings. The summed E-state index contributed by atoms with van der Waals surface area (Å²) in [4.78, 5) is 37.0.